The molecule has 158 valence electrons. The standard InChI is InChI=1S/C22H26N4O4/c1-30-22(29)18-13-26(12-17-20(18)23-24-21(17)28)16-8-6-15(7-9-16)19(27)14-25-10-4-2-3-5-11-25/h6-9,12-13,19,27H,2-5,10-11,14H2,1H3,(H,24,28)/t19-/m1/s1. The molecule has 8 nitrogen and oxygen atoms in total. The van der Waals surface area contributed by atoms with Gasteiger partial charge in [-0.25, -0.2) is 9.89 Å². The SMILES string of the molecule is COC(=O)c1cn(-c2ccc([C@H](O)CN3CCCCCC3)cc2)cc2c(=O)[nH]nc1-2. The summed E-state index contributed by atoms with van der Waals surface area (Å²) in [4.78, 5) is 26.5. The Morgan fingerprint density at radius 2 is 1.87 bits per heavy atom. The van der Waals surface area contributed by atoms with Crippen LogP contribution in [0.15, 0.2) is 41.5 Å². The van der Waals surface area contributed by atoms with E-state index in [2.05, 4.69) is 15.1 Å². The average molecular weight is 410 g/mol. The molecule has 8 heteroatoms. The van der Waals surface area contributed by atoms with Crippen molar-refractivity contribution in [3.8, 4) is 16.9 Å². The van der Waals surface area contributed by atoms with E-state index < -0.39 is 12.1 Å². The number of benzene rings is 1. The number of aromatic nitrogens is 3. The molecule has 4 rings (SSSR count). The first kappa shape index (κ1) is 20.3. The number of rotatable bonds is 5. The predicted octanol–water partition coefficient (Wildman–Crippen LogP) is 2.36. The number of aromatic amines is 1. The highest BCUT2D eigenvalue weighted by Crippen LogP contribution is 2.24. The van der Waals surface area contributed by atoms with Crippen molar-refractivity contribution in [1.82, 2.24) is 19.7 Å². The summed E-state index contributed by atoms with van der Waals surface area (Å²) in [5.41, 5.74) is 2.03. The molecule has 0 aliphatic carbocycles. The zero-order chi connectivity index (χ0) is 21.1. The van der Waals surface area contributed by atoms with Crippen molar-refractivity contribution < 1.29 is 14.6 Å². The Morgan fingerprint density at radius 3 is 2.53 bits per heavy atom. The molecule has 30 heavy (non-hydrogen) atoms. The molecule has 3 aliphatic heterocycles. The molecule has 0 spiro atoms. The Morgan fingerprint density at radius 1 is 1.17 bits per heavy atom. The monoisotopic (exact) mass is 410 g/mol. The minimum atomic E-state index is -0.564. The number of fused-ring (bicyclic) bond motifs is 1. The van der Waals surface area contributed by atoms with Crippen molar-refractivity contribution in [2.24, 2.45) is 0 Å². The molecule has 1 saturated heterocycles. The van der Waals surface area contributed by atoms with Gasteiger partial charge in [-0.3, -0.25) is 4.79 Å². The highest BCUT2D eigenvalue weighted by atomic mass is 16.5. The third kappa shape index (κ3) is 4.15. The number of H-pyrrole nitrogens is 1. The Bertz CT molecular complexity index is 1030. The molecule has 2 N–H and O–H groups in total. The molecule has 0 unspecified atom stereocenters. The summed E-state index contributed by atoms with van der Waals surface area (Å²) in [6.07, 6.45) is 7.56. The van der Waals surface area contributed by atoms with Crippen LogP contribution in [0.4, 0.5) is 0 Å². The second-order valence-electron chi connectivity index (χ2n) is 7.71. The fourth-order valence-corrected chi connectivity index (χ4v) is 3.98. The Kier molecular flexibility index (Phi) is 5.96. The molecule has 1 fully saturated rings. The average Bonchev–Trinajstić information content (AvgIpc) is 2.97. The first-order chi connectivity index (χ1) is 14.6. The second kappa shape index (κ2) is 8.81. The lowest BCUT2D eigenvalue weighted by molar-refractivity contribution is 0.0600. The van der Waals surface area contributed by atoms with Crippen LogP contribution in [-0.2, 0) is 4.74 Å². The van der Waals surface area contributed by atoms with Gasteiger partial charge in [0.2, 0.25) is 0 Å². The maximum atomic E-state index is 12.1. The molecule has 0 amide bonds. The van der Waals surface area contributed by atoms with E-state index in [1.165, 1.54) is 32.8 Å². The van der Waals surface area contributed by atoms with Gasteiger partial charge in [0.15, 0.2) is 0 Å². The summed E-state index contributed by atoms with van der Waals surface area (Å²) in [7, 11) is 1.29. The number of aliphatic hydroxyl groups is 1. The normalized spacial score (nSPS) is 16.3. The minimum absolute atomic E-state index is 0.207. The highest BCUT2D eigenvalue weighted by molar-refractivity contribution is 5.96. The van der Waals surface area contributed by atoms with E-state index in [1.54, 1.807) is 17.0 Å². The second-order valence-corrected chi connectivity index (χ2v) is 7.71. The highest BCUT2D eigenvalue weighted by Gasteiger charge is 2.22. The van der Waals surface area contributed by atoms with Gasteiger partial charge in [0.25, 0.3) is 5.56 Å². The molecule has 0 aromatic heterocycles. The molecule has 0 radical (unpaired) electrons. The largest absolute Gasteiger partial charge is 0.465 e. The van der Waals surface area contributed by atoms with Crippen molar-refractivity contribution in [2.45, 2.75) is 31.8 Å². The van der Waals surface area contributed by atoms with E-state index in [1.807, 2.05) is 24.3 Å². The van der Waals surface area contributed by atoms with Crippen LogP contribution >= 0.6 is 0 Å². The number of nitrogens with one attached hydrogen (secondary N) is 1. The number of hydrogen-bond acceptors (Lipinski definition) is 6. The van der Waals surface area contributed by atoms with Gasteiger partial charge in [-0.2, -0.15) is 5.10 Å². The van der Waals surface area contributed by atoms with E-state index in [9.17, 15) is 14.7 Å². The van der Waals surface area contributed by atoms with Gasteiger partial charge in [-0.15, -0.1) is 0 Å². The molecular formula is C22H26N4O4. The van der Waals surface area contributed by atoms with Crippen LogP contribution in [0.2, 0.25) is 0 Å². The van der Waals surface area contributed by atoms with Crippen LogP contribution in [0, 0.1) is 0 Å². The molecule has 1 atom stereocenters. The van der Waals surface area contributed by atoms with Gasteiger partial charge < -0.3 is 19.3 Å². The Hall–Kier alpha value is -2.97. The van der Waals surface area contributed by atoms with Gasteiger partial charge in [0.05, 0.1) is 18.8 Å². The molecular weight excluding hydrogens is 384 g/mol. The molecule has 0 saturated carbocycles. The predicted molar refractivity (Wildman–Crippen MR) is 112 cm³/mol. The van der Waals surface area contributed by atoms with Crippen molar-refractivity contribution in [1.29, 1.82) is 0 Å². The van der Waals surface area contributed by atoms with E-state index in [0.717, 1.165) is 24.3 Å². The van der Waals surface area contributed by atoms with E-state index in [0.29, 0.717) is 12.1 Å². The van der Waals surface area contributed by atoms with Crippen molar-refractivity contribution in [3.63, 3.8) is 0 Å². The van der Waals surface area contributed by atoms with E-state index in [-0.39, 0.29) is 16.8 Å². The van der Waals surface area contributed by atoms with Crippen LogP contribution in [-0.4, -0.2) is 57.5 Å². The number of hydrogen-bond donors (Lipinski definition) is 2. The van der Waals surface area contributed by atoms with E-state index >= 15 is 0 Å². The maximum Gasteiger partial charge on any atom is 0.341 e. The smallest absolute Gasteiger partial charge is 0.341 e. The lowest BCUT2D eigenvalue weighted by Gasteiger charge is -2.23. The third-order valence-electron chi connectivity index (χ3n) is 5.67. The summed E-state index contributed by atoms with van der Waals surface area (Å²) in [6, 6.07) is 7.47. The van der Waals surface area contributed by atoms with Crippen molar-refractivity contribution in [3.05, 3.63) is 58.1 Å². The van der Waals surface area contributed by atoms with Crippen LogP contribution < -0.4 is 5.56 Å². The fraction of sp³-hybridized carbons (Fsp3) is 0.409. The van der Waals surface area contributed by atoms with Crippen molar-refractivity contribution >= 4 is 5.97 Å². The van der Waals surface area contributed by atoms with Gasteiger partial charge >= 0.3 is 5.97 Å². The number of aliphatic hydroxyl groups excluding tert-OH is 1. The number of methoxy groups -OCH3 is 1. The lowest BCUT2D eigenvalue weighted by atomic mass is 10.1. The molecule has 3 heterocycles. The van der Waals surface area contributed by atoms with E-state index in [4.69, 9.17) is 4.74 Å². The number of likely N-dealkylation sites (tertiary alicyclic amines) is 1. The van der Waals surface area contributed by atoms with Crippen molar-refractivity contribution in [2.75, 3.05) is 26.7 Å². The number of esters is 1. The number of β-amino-alcohol motifs (C(OH)–C–C–N with tert-alkyl or cyclic N) is 1. The zero-order valence-corrected chi connectivity index (χ0v) is 17.0. The Balaban J connectivity index is 1.58. The maximum absolute atomic E-state index is 12.1. The Labute approximate surface area is 174 Å². The molecule has 1 aromatic rings. The zero-order valence-electron chi connectivity index (χ0n) is 17.0. The number of pyridine rings is 1. The van der Waals surface area contributed by atoms with Crippen LogP contribution in [0.1, 0.15) is 47.7 Å². The molecule has 1 aromatic carbocycles. The minimum Gasteiger partial charge on any atom is -0.465 e. The number of nitrogens with zero attached hydrogens (tertiary/aromatic N) is 3. The first-order valence-electron chi connectivity index (χ1n) is 10.3. The topological polar surface area (TPSA) is 100 Å². The number of ether oxygens (including phenoxy) is 1. The summed E-state index contributed by atoms with van der Waals surface area (Å²) < 4.78 is 6.52. The van der Waals surface area contributed by atoms with Gasteiger partial charge in [-0.1, -0.05) is 25.0 Å². The van der Waals surface area contributed by atoms with Gasteiger partial charge in [0.1, 0.15) is 11.3 Å². The first-order valence-corrected chi connectivity index (χ1v) is 10.3. The molecule has 3 aliphatic rings. The number of carbonyl (C=O) groups is 1. The van der Waals surface area contributed by atoms with Gasteiger partial charge in [-0.05, 0) is 43.6 Å². The number of carbonyl (C=O) groups excluding carboxylic acids is 1. The fourth-order valence-electron chi connectivity index (χ4n) is 3.98. The van der Waals surface area contributed by atoms with Crippen LogP contribution in [0.5, 0.6) is 0 Å². The van der Waals surface area contributed by atoms with Crippen LogP contribution in [0.3, 0.4) is 0 Å². The quantitative estimate of drug-likeness (QED) is 0.627. The summed E-state index contributed by atoms with van der Waals surface area (Å²) in [5.74, 6) is -0.564. The van der Waals surface area contributed by atoms with Gasteiger partial charge in [0, 0.05) is 24.6 Å². The third-order valence-corrected chi connectivity index (χ3v) is 5.67. The summed E-state index contributed by atoms with van der Waals surface area (Å²) >= 11 is 0. The van der Waals surface area contributed by atoms with Crippen LogP contribution in [0.25, 0.3) is 16.9 Å². The molecule has 0 bridgehead atoms. The lowest BCUT2D eigenvalue weighted by Crippen LogP contribution is -2.29. The summed E-state index contributed by atoms with van der Waals surface area (Å²) in [6.45, 7) is 2.69. The summed E-state index contributed by atoms with van der Waals surface area (Å²) in [5, 5.41) is 17.0.